The van der Waals surface area contributed by atoms with Crippen LogP contribution >= 0.6 is 0 Å². The van der Waals surface area contributed by atoms with E-state index in [-0.39, 0.29) is 5.97 Å². The topological polar surface area (TPSA) is 44.1 Å². The zero-order chi connectivity index (χ0) is 20.3. The van der Waals surface area contributed by atoms with E-state index in [0.29, 0.717) is 19.4 Å². The smallest absolute Gasteiger partial charge is 0.305 e. The summed E-state index contributed by atoms with van der Waals surface area (Å²) in [6, 6.07) is 18.6. The van der Waals surface area contributed by atoms with E-state index in [0.717, 1.165) is 36.0 Å². The van der Waals surface area contributed by atoms with Gasteiger partial charge in [0.05, 0.1) is 13.7 Å². The van der Waals surface area contributed by atoms with Crippen molar-refractivity contribution >= 4 is 5.97 Å². The van der Waals surface area contributed by atoms with Crippen LogP contribution in [-0.4, -0.2) is 22.9 Å². The van der Waals surface area contributed by atoms with Crippen molar-refractivity contribution in [3.8, 4) is 11.8 Å². The minimum Gasteiger partial charge on any atom is -0.469 e. The van der Waals surface area contributed by atoms with Gasteiger partial charge in [0.15, 0.2) is 0 Å². The lowest BCUT2D eigenvalue weighted by atomic mass is 10.00. The molecular formula is C25H26N2O2. The Bertz CT molecular complexity index is 967. The third-order valence-electron chi connectivity index (χ3n) is 4.74. The molecule has 0 spiro atoms. The van der Waals surface area contributed by atoms with Gasteiger partial charge in [-0.25, -0.2) is 0 Å². The van der Waals surface area contributed by atoms with Gasteiger partial charge in [0.1, 0.15) is 0 Å². The van der Waals surface area contributed by atoms with Gasteiger partial charge in [-0.15, -0.1) is 0 Å². The van der Waals surface area contributed by atoms with Gasteiger partial charge in [0.2, 0.25) is 0 Å². The molecule has 3 rings (SSSR count). The minimum absolute atomic E-state index is 0.201. The van der Waals surface area contributed by atoms with E-state index in [4.69, 9.17) is 4.74 Å². The summed E-state index contributed by atoms with van der Waals surface area (Å²) in [5.41, 5.74) is 4.55. The molecule has 29 heavy (non-hydrogen) atoms. The summed E-state index contributed by atoms with van der Waals surface area (Å²) in [7, 11) is 1.42. The van der Waals surface area contributed by atoms with Crippen molar-refractivity contribution in [3.63, 3.8) is 0 Å². The molecule has 0 aliphatic heterocycles. The second kappa shape index (κ2) is 10.9. The van der Waals surface area contributed by atoms with Gasteiger partial charge in [-0.3, -0.25) is 9.48 Å². The summed E-state index contributed by atoms with van der Waals surface area (Å²) < 4.78 is 6.66. The number of unbranched alkanes of at least 4 members (excludes halogenated alkanes) is 1. The number of hydrogen-bond acceptors (Lipinski definition) is 3. The first kappa shape index (κ1) is 20.4. The van der Waals surface area contributed by atoms with E-state index in [1.807, 2.05) is 23.0 Å². The van der Waals surface area contributed by atoms with Crippen molar-refractivity contribution in [2.45, 2.75) is 38.6 Å². The molecular weight excluding hydrogens is 360 g/mol. The van der Waals surface area contributed by atoms with Crippen LogP contribution in [0.15, 0.2) is 67.0 Å². The second-order valence-electron chi connectivity index (χ2n) is 6.91. The molecule has 0 atom stereocenters. The fourth-order valence-corrected chi connectivity index (χ4v) is 3.16. The van der Waals surface area contributed by atoms with Crippen molar-refractivity contribution in [1.82, 2.24) is 9.78 Å². The average Bonchev–Trinajstić information content (AvgIpc) is 3.26. The Morgan fingerprint density at radius 3 is 2.69 bits per heavy atom. The quantitative estimate of drug-likeness (QED) is 0.327. The fraction of sp³-hybridized carbons (Fsp3) is 0.280. The van der Waals surface area contributed by atoms with Crippen LogP contribution < -0.4 is 0 Å². The molecule has 0 aliphatic rings. The Hall–Kier alpha value is -3.32. The number of hydrogen-bond donors (Lipinski definition) is 0. The van der Waals surface area contributed by atoms with E-state index in [1.54, 1.807) is 6.20 Å². The van der Waals surface area contributed by atoms with Crippen LogP contribution in [0.2, 0.25) is 0 Å². The highest BCUT2D eigenvalue weighted by Gasteiger charge is 2.07. The normalized spacial score (nSPS) is 10.2. The van der Waals surface area contributed by atoms with E-state index in [9.17, 15) is 4.79 Å². The molecule has 3 aromatic rings. The van der Waals surface area contributed by atoms with Gasteiger partial charge >= 0.3 is 5.97 Å². The number of esters is 1. The largest absolute Gasteiger partial charge is 0.469 e. The summed E-state index contributed by atoms with van der Waals surface area (Å²) in [5, 5.41) is 4.27. The molecule has 1 aromatic heterocycles. The lowest BCUT2D eigenvalue weighted by Crippen LogP contribution is -2.04. The maximum Gasteiger partial charge on any atom is 0.305 e. The van der Waals surface area contributed by atoms with Crippen molar-refractivity contribution in [3.05, 3.63) is 89.2 Å². The molecule has 1 heterocycles. The summed E-state index contributed by atoms with van der Waals surface area (Å²) in [5.74, 6) is 6.44. The molecule has 0 saturated heterocycles. The number of nitrogens with zero attached hydrogens (tertiary/aromatic N) is 2. The van der Waals surface area contributed by atoms with Gasteiger partial charge in [0, 0.05) is 30.8 Å². The van der Waals surface area contributed by atoms with E-state index in [2.05, 4.69) is 59.4 Å². The highest BCUT2D eigenvalue weighted by Crippen LogP contribution is 2.15. The lowest BCUT2D eigenvalue weighted by Gasteiger charge is -2.08. The van der Waals surface area contributed by atoms with E-state index < -0.39 is 0 Å². The number of aromatic nitrogens is 2. The van der Waals surface area contributed by atoms with Crippen LogP contribution in [0.3, 0.4) is 0 Å². The maximum absolute atomic E-state index is 11.5. The van der Waals surface area contributed by atoms with Gasteiger partial charge in [-0.2, -0.15) is 5.10 Å². The summed E-state index contributed by atoms with van der Waals surface area (Å²) >= 11 is 0. The average molecular weight is 386 g/mol. The predicted molar refractivity (Wildman–Crippen MR) is 114 cm³/mol. The number of methoxy groups -OCH3 is 1. The van der Waals surface area contributed by atoms with E-state index in [1.165, 1.54) is 12.7 Å². The molecule has 148 valence electrons. The number of ether oxygens (including phenoxy) is 1. The zero-order valence-electron chi connectivity index (χ0n) is 16.8. The standard InChI is InChI=1S/C25H26N2O2/c1-29-25(28)16-15-23-14-13-22(20-27-18-8-17-26-27)19-24(23)12-7-3-6-11-21-9-4-2-5-10-21/h2,4-5,8-10,13-14,17-19H,3,6,11,15-16,20H2,1H3. The number of carbonyl (C=O) groups is 1. The Kier molecular flexibility index (Phi) is 7.65. The SMILES string of the molecule is COC(=O)CCc1ccc(Cn2cccn2)cc1C#CCCCc1ccccc1. The molecule has 4 nitrogen and oxygen atoms in total. The van der Waals surface area contributed by atoms with Crippen LogP contribution in [-0.2, 0) is 28.9 Å². The zero-order valence-corrected chi connectivity index (χ0v) is 16.8. The second-order valence-corrected chi connectivity index (χ2v) is 6.91. The van der Waals surface area contributed by atoms with Crippen LogP contribution in [0, 0.1) is 11.8 Å². The minimum atomic E-state index is -0.201. The third kappa shape index (κ3) is 6.65. The third-order valence-corrected chi connectivity index (χ3v) is 4.74. The highest BCUT2D eigenvalue weighted by atomic mass is 16.5. The Balaban J connectivity index is 1.67. The monoisotopic (exact) mass is 386 g/mol. The first-order valence-corrected chi connectivity index (χ1v) is 9.93. The molecule has 0 aliphatic carbocycles. The van der Waals surface area contributed by atoms with Crippen LogP contribution in [0.4, 0.5) is 0 Å². The number of rotatable bonds is 8. The molecule has 0 saturated carbocycles. The van der Waals surface area contributed by atoms with Gasteiger partial charge in [-0.1, -0.05) is 54.3 Å². The molecule has 0 amide bonds. The van der Waals surface area contributed by atoms with Gasteiger partial charge in [-0.05, 0) is 48.1 Å². The Morgan fingerprint density at radius 2 is 1.93 bits per heavy atom. The molecule has 0 fully saturated rings. The maximum atomic E-state index is 11.5. The summed E-state index contributed by atoms with van der Waals surface area (Å²) in [4.78, 5) is 11.5. The van der Waals surface area contributed by atoms with E-state index >= 15 is 0 Å². The van der Waals surface area contributed by atoms with Crippen molar-refractivity contribution in [1.29, 1.82) is 0 Å². The van der Waals surface area contributed by atoms with Crippen molar-refractivity contribution in [2.24, 2.45) is 0 Å². The van der Waals surface area contributed by atoms with Crippen LogP contribution in [0.1, 0.15) is 41.5 Å². The summed E-state index contributed by atoms with van der Waals surface area (Å²) in [6.07, 6.45) is 7.61. The lowest BCUT2D eigenvalue weighted by molar-refractivity contribution is -0.140. The van der Waals surface area contributed by atoms with Crippen molar-refractivity contribution < 1.29 is 9.53 Å². The molecule has 4 heteroatoms. The van der Waals surface area contributed by atoms with Gasteiger partial charge in [0.25, 0.3) is 0 Å². The van der Waals surface area contributed by atoms with Crippen LogP contribution in [0.5, 0.6) is 0 Å². The summed E-state index contributed by atoms with van der Waals surface area (Å²) in [6.45, 7) is 0.701. The van der Waals surface area contributed by atoms with Gasteiger partial charge < -0.3 is 4.74 Å². The number of benzene rings is 2. The molecule has 0 N–H and O–H groups in total. The molecule has 2 aromatic carbocycles. The molecule has 0 unspecified atom stereocenters. The Morgan fingerprint density at radius 1 is 1.07 bits per heavy atom. The first-order chi connectivity index (χ1) is 14.2. The van der Waals surface area contributed by atoms with Crippen LogP contribution in [0.25, 0.3) is 0 Å². The number of carbonyl (C=O) groups excluding carboxylic acids is 1. The van der Waals surface area contributed by atoms with Crippen molar-refractivity contribution in [2.75, 3.05) is 7.11 Å². The predicted octanol–water partition coefficient (Wildman–Crippen LogP) is 4.41. The molecule has 0 bridgehead atoms. The Labute approximate surface area is 172 Å². The number of aryl methyl sites for hydroxylation is 2. The first-order valence-electron chi connectivity index (χ1n) is 9.93. The fourth-order valence-electron chi connectivity index (χ4n) is 3.16. The molecule has 0 radical (unpaired) electrons. The highest BCUT2D eigenvalue weighted by molar-refractivity contribution is 5.69.